The van der Waals surface area contributed by atoms with Crippen LogP contribution in [0, 0.1) is 12.8 Å². The van der Waals surface area contributed by atoms with Gasteiger partial charge in [-0.25, -0.2) is 0 Å². The van der Waals surface area contributed by atoms with Crippen molar-refractivity contribution in [3.8, 4) is 0 Å². The Labute approximate surface area is 131 Å². The van der Waals surface area contributed by atoms with Gasteiger partial charge in [-0.3, -0.25) is 4.90 Å². The third kappa shape index (κ3) is 6.19. The molecule has 1 fully saturated rings. The molecule has 21 heavy (non-hydrogen) atoms. The molecule has 0 aromatic heterocycles. The molecule has 0 saturated carbocycles. The highest BCUT2D eigenvalue weighted by molar-refractivity contribution is 5.21. The fourth-order valence-electron chi connectivity index (χ4n) is 3.01. The first kappa shape index (κ1) is 16.5. The SMILES string of the molecule is Cc1ccc(CN2CCN(CCCCC(C)C)CC2)cc1. The van der Waals surface area contributed by atoms with E-state index >= 15 is 0 Å². The highest BCUT2D eigenvalue weighted by Crippen LogP contribution is 2.11. The van der Waals surface area contributed by atoms with Crippen molar-refractivity contribution in [1.29, 1.82) is 0 Å². The Bertz CT molecular complexity index is 389. The van der Waals surface area contributed by atoms with Gasteiger partial charge in [0.2, 0.25) is 0 Å². The van der Waals surface area contributed by atoms with Crippen molar-refractivity contribution < 1.29 is 0 Å². The van der Waals surface area contributed by atoms with E-state index in [1.54, 1.807) is 0 Å². The van der Waals surface area contributed by atoms with Gasteiger partial charge in [-0.15, -0.1) is 0 Å². The fraction of sp³-hybridized carbons (Fsp3) is 0.684. The Morgan fingerprint density at radius 2 is 1.52 bits per heavy atom. The minimum atomic E-state index is 0.858. The zero-order valence-corrected chi connectivity index (χ0v) is 14.1. The summed E-state index contributed by atoms with van der Waals surface area (Å²) < 4.78 is 0. The first-order chi connectivity index (χ1) is 10.1. The van der Waals surface area contributed by atoms with Crippen LogP contribution < -0.4 is 0 Å². The molecular weight excluding hydrogens is 256 g/mol. The van der Waals surface area contributed by atoms with Crippen LogP contribution in [0.25, 0.3) is 0 Å². The van der Waals surface area contributed by atoms with E-state index in [4.69, 9.17) is 0 Å². The highest BCUT2D eigenvalue weighted by Gasteiger charge is 2.16. The number of piperazine rings is 1. The van der Waals surface area contributed by atoms with Crippen molar-refractivity contribution in [1.82, 2.24) is 9.80 Å². The summed E-state index contributed by atoms with van der Waals surface area (Å²) in [5.74, 6) is 0.858. The molecule has 0 unspecified atom stereocenters. The van der Waals surface area contributed by atoms with Gasteiger partial charge in [-0.2, -0.15) is 0 Å². The average molecular weight is 288 g/mol. The molecule has 0 aliphatic carbocycles. The van der Waals surface area contributed by atoms with Gasteiger partial charge in [0.05, 0.1) is 0 Å². The smallest absolute Gasteiger partial charge is 0.0234 e. The molecule has 2 rings (SSSR count). The molecule has 2 nitrogen and oxygen atoms in total. The Morgan fingerprint density at radius 1 is 0.905 bits per heavy atom. The lowest BCUT2D eigenvalue weighted by atomic mass is 10.1. The van der Waals surface area contributed by atoms with Crippen LogP contribution in [0.5, 0.6) is 0 Å². The van der Waals surface area contributed by atoms with E-state index in [-0.39, 0.29) is 0 Å². The van der Waals surface area contributed by atoms with E-state index in [2.05, 4.69) is 54.8 Å². The molecular formula is C19H32N2. The number of nitrogens with zero attached hydrogens (tertiary/aromatic N) is 2. The predicted octanol–water partition coefficient (Wildman–Crippen LogP) is 3.94. The van der Waals surface area contributed by atoms with Gasteiger partial charge in [0.15, 0.2) is 0 Å². The van der Waals surface area contributed by atoms with Crippen LogP contribution >= 0.6 is 0 Å². The van der Waals surface area contributed by atoms with Crippen LogP contribution in [-0.2, 0) is 6.54 Å². The van der Waals surface area contributed by atoms with Gasteiger partial charge >= 0.3 is 0 Å². The first-order valence-corrected chi connectivity index (χ1v) is 8.64. The topological polar surface area (TPSA) is 6.48 Å². The van der Waals surface area contributed by atoms with Crippen molar-refractivity contribution in [3.05, 3.63) is 35.4 Å². The van der Waals surface area contributed by atoms with Gasteiger partial charge in [-0.1, -0.05) is 56.5 Å². The van der Waals surface area contributed by atoms with Crippen LogP contribution in [0.3, 0.4) is 0 Å². The Kier molecular flexibility index (Phi) is 6.72. The van der Waals surface area contributed by atoms with Crippen LogP contribution in [0.1, 0.15) is 44.2 Å². The van der Waals surface area contributed by atoms with Crippen molar-refractivity contribution in [3.63, 3.8) is 0 Å². The van der Waals surface area contributed by atoms with Crippen molar-refractivity contribution in [2.24, 2.45) is 5.92 Å². The second-order valence-corrected chi connectivity index (χ2v) is 6.99. The number of hydrogen-bond acceptors (Lipinski definition) is 2. The molecule has 1 aromatic carbocycles. The third-order valence-electron chi connectivity index (χ3n) is 4.50. The first-order valence-electron chi connectivity index (χ1n) is 8.64. The molecule has 118 valence electrons. The highest BCUT2D eigenvalue weighted by atomic mass is 15.3. The Balaban J connectivity index is 1.63. The molecule has 0 spiro atoms. The minimum Gasteiger partial charge on any atom is -0.301 e. The number of unbranched alkanes of at least 4 members (excludes halogenated alkanes) is 1. The van der Waals surface area contributed by atoms with Gasteiger partial charge < -0.3 is 4.90 Å². The van der Waals surface area contributed by atoms with Gasteiger partial charge in [0, 0.05) is 32.7 Å². The second-order valence-electron chi connectivity index (χ2n) is 6.99. The number of rotatable bonds is 7. The van der Waals surface area contributed by atoms with E-state index in [1.807, 2.05) is 0 Å². The zero-order chi connectivity index (χ0) is 15.1. The van der Waals surface area contributed by atoms with Gasteiger partial charge in [0.25, 0.3) is 0 Å². The number of hydrogen-bond donors (Lipinski definition) is 0. The molecule has 0 amide bonds. The van der Waals surface area contributed by atoms with E-state index in [1.165, 1.54) is 63.1 Å². The molecule has 1 aliphatic rings. The normalized spacial score (nSPS) is 17.5. The van der Waals surface area contributed by atoms with E-state index in [0.29, 0.717) is 0 Å². The van der Waals surface area contributed by atoms with E-state index < -0.39 is 0 Å². The summed E-state index contributed by atoms with van der Waals surface area (Å²) in [5.41, 5.74) is 2.80. The van der Waals surface area contributed by atoms with E-state index in [0.717, 1.165) is 12.5 Å². The number of aryl methyl sites for hydroxylation is 1. The predicted molar refractivity (Wildman–Crippen MR) is 91.6 cm³/mol. The maximum atomic E-state index is 2.64. The summed E-state index contributed by atoms with van der Waals surface area (Å²) in [7, 11) is 0. The standard InChI is InChI=1S/C19H32N2/c1-17(2)6-4-5-11-20-12-14-21(15-13-20)16-19-9-7-18(3)8-10-19/h7-10,17H,4-6,11-16H2,1-3H3. The minimum absolute atomic E-state index is 0.858. The fourth-order valence-corrected chi connectivity index (χ4v) is 3.01. The Morgan fingerprint density at radius 3 is 2.14 bits per heavy atom. The summed E-state index contributed by atoms with van der Waals surface area (Å²) in [5, 5.41) is 0. The molecule has 1 saturated heterocycles. The summed E-state index contributed by atoms with van der Waals surface area (Å²) in [6.45, 7) is 14.1. The maximum Gasteiger partial charge on any atom is 0.0234 e. The average Bonchev–Trinajstić information content (AvgIpc) is 2.47. The van der Waals surface area contributed by atoms with Crippen molar-refractivity contribution in [2.75, 3.05) is 32.7 Å². The monoisotopic (exact) mass is 288 g/mol. The summed E-state index contributed by atoms with van der Waals surface area (Å²) in [6, 6.07) is 8.99. The van der Waals surface area contributed by atoms with Crippen LogP contribution in [-0.4, -0.2) is 42.5 Å². The third-order valence-corrected chi connectivity index (χ3v) is 4.50. The van der Waals surface area contributed by atoms with Crippen LogP contribution in [0.2, 0.25) is 0 Å². The van der Waals surface area contributed by atoms with Crippen molar-refractivity contribution >= 4 is 0 Å². The van der Waals surface area contributed by atoms with Gasteiger partial charge in [0.1, 0.15) is 0 Å². The molecule has 0 bridgehead atoms. The molecule has 1 heterocycles. The molecule has 1 aromatic rings. The van der Waals surface area contributed by atoms with Crippen LogP contribution in [0.15, 0.2) is 24.3 Å². The largest absolute Gasteiger partial charge is 0.301 e. The van der Waals surface area contributed by atoms with Crippen LogP contribution in [0.4, 0.5) is 0 Å². The molecule has 0 radical (unpaired) electrons. The van der Waals surface area contributed by atoms with Gasteiger partial charge in [-0.05, 0) is 31.4 Å². The zero-order valence-electron chi connectivity index (χ0n) is 14.1. The van der Waals surface area contributed by atoms with Crippen molar-refractivity contribution in [2.45, 2.75) is 46.6 Å². The Hall–Kier alpha value is -0.860. The lowest BCUT2D eigenvalue weighted by molar-refractivity contribution is 0.125. The lowest BCUT2D eigenvalue weighted by Gasteiger charge is -2.34. The quantitative estimate of drug-likeness (QED) is 0.701. The van der Waals surface area contributed by atoms with E-state index in [9.17, 15) is 0 Å². The summed E-state index contributed by atoms with van der Waals surface area (Å²) in [6.07, 6.45) is 4.14. The molecule has 1 aliphatic heterocycles. The molecule has 0 N–H and O–H groups in total. The molecule has 2 heteroatoms. The summed E-state index contributed by atoms with van der Waals surface area (Å²) >= 11 is 0. The maximum absolute atomic E-state index is 2.64. The molecule has 0 atom stereocenters. The number of benzene rings is 1. The lowest BCUT2D eigenvalue weighted by Crippen LogP contribution is -2.46. The second kappa shape index (κ2) is 8.55. The summed E-state index contributed by atoms with van der Waals surface area (Å²) in [4.78, 5) is 5.24.